The van der Waals surface area contributed by atoms with Crippen molar-refractivity contribution in [3.63, 3.8) is 0 Å². The standard InChI is InChI=1S/C13H17NO5.C13H19NO3.C9H9NO5.C9H11NO3.2C7H5NO5.C2H2.7CH4/c1-8(2)18-12-7-10(13(15)19-9(3)4)5-6-11(12)14(16)17;1-8(2)16-12-7-10(5-6-11(12)14)13(15)17-9(3)4;1-14-8-5-6(9(11)15-2)3-4-7(8)10(12)13;1-12-8-5-6(9(11)13-2)3-4-7(8)10;2*9-6-3-4(7(10)11)1-2-5(6)8(12)13;1-2;;;;;;;/h5-9H,1-4H3;5-9H,14H2,1-4H3;3-5H,1-2H3;3-5H,10H2,1-2H3;2*1-3,9H,(H,10,11);1-2H;7*1H4. The van der Waals surface area contributed by atoms with Crippen molar-refractivity contribution >= 4 is 69.9 Å². The van der Waals surface area contributed by atoms with Gasteiger partial charge in [0.1, 0.15) is 11.5 Å². The number of carbonyl (C=O) groups is 6. The van der Waals surface area contributed by atoms with Crippen molar-refractivity contribution in [3.05, 3.63) is 183 Å². The molecule has 32 heteroatoms. The first-order valence-electron chi connectivity index (χ1n) is 26.1. The molecule has 550 valence electrons. The zero-order valence-corrected chi connectivity index (χ0v) is 51.6. The number of anilines is 2. The van der Waals surface area contributed by atoms with Crippen LogP contribution in [0.4, 0.5) is 34.1 Å². The molecule has 0 fully saturated rings. The third-order valence-corrected chi connectivity index (χ3v) is 10.3. The van der Waals surface area contributed by atoms with E-state index in [4.69, 9.17) is 60.3 Å². The van der Waals surface area contributed by atoms with E-state index in [1.54, 1.807) is 77.9 Å². The Bertz CT molecular complexity index is 3520. The maximum absolute atomic E-state index is 11.7. The first-order chi connectivity index (χ1) is 43.0. The van der Waals surface area contributed by atoms with Crippen molar-refractivity contribution in [1.82, 2.24) is 0 Å². The number of carbonyl (C=O) groups excluding carboxylic acids is 4. The van der Waals surface area contributed by atoms with Crippen LogP contribution in [0, 0.1) is 53.3 Å². The molecule has 8 N–H and O–H groups in total. The predicted molar refractivity (Wildman–Crippen MR) is 377 cm³/mol. The van der Waals surface area contributed by atoms with Gasteiger partial charge in [-0.05, 0) is 116 Å². The van der Waals surface area contributed by atoms with Gasteiger partial charge in [0.15, 0.2) is 23.0 Å². The van der Waals surface area contributed by atoms with Crippen molar-refractivity contribution in [2.24, 2.45) is 0 Å². The van der Waals surface area contributed by atoms with E-state index in [9.17, 15) is 69.2 Å². The van der Waals surface area contributed by atoms with E-state index in [2.05, 4.69) is 22.3 Å². The van der Waals surface area contributed by atoms with Gasteiger partial charge in [-0.2, -0.15) is 0 Å². The molecule has 0 atom stereocenters. The molecule has 0 bridgehead atoms. The van der Waals surface area contributed by atoms with Gasteiger partial charge in [0.05, 0.1) is 117 Å². The number of phenols is 2. The number of aromatic hydroxyl groups is 2. The van der Waals surface area contributed by atoms with Gasteiger partial charge in [-0.3, -0.25) is 40.5 Å². The fraction of sp³-hybridized carbons (Fsp3) is 0.343. The number of hydrogen-bond acceptors (Lipinski definition) is 26. The van der Waals surface area contributed by atoms with Gasteiger partial charge in [-0.15, -0.1) is 12.8 Å². The van der Waals surface area contributed by atoms with E-state index in [-0.39, 0.29) is 127 Å². The number of esters is 4. The summed E-state index contributed by atoms with van der Waals surface area (Å²) >= 11 is 0. The summed E-state index contributed by atoms with van der Waals surface area (Å²) in [5.41, 5.74) is 11.9. The van der Waals surface area contributed by atoms with Crippen LogP contribution in [0.5, 0.6) is 34.5 Å². The van der Waals surface area contributed by atoms with Crippen molar-refractivity contribution < 1.29 is 107 Å². The van der Waals surface area contributed by atoms with Gasteiger partial charge in [-0.25, -0.2) is 28.8 Å². The number of rotatable bonds is 18. The Morgan fingerprint density at radius 3 is 0.909 bits per heavy atom. The lowest BCUT2D eigenvalue weighted by atomic mass is 10.2. The Kier molecular flexibility index (Phi) is 53.1. The lowest BCUT2D eigenvalue weighted by molar-refractivity contribution is -0.386. The van der Waals surface area contributed by atoms with E-state index in [0.29, 0.717) is 34.0 Å². The molecule has 0 unspecified atom stereocenters. The molecule has 0 saturated carbocycles. The monoisotopic (exact) mass is 1400 g/mol. The topological polar surface area (TPSA) is 482 Å². The van der Waals surface area contributed by atoms with E-state index in [1.165, 1.54) is 64.8 Å². The second-order valence-electron chi connectivity index (χ2n) is 18.5. The van der Waals surface area contributed by atoms with Crippen LogP contribution in [0.3, 0.4) is 0 Å². The summed E-state index contributed by atoms with van der Waals surface area (Å²) in [6.45, 7) is 14.4. The molecule has 6 rings (SSSR count). The summed E-state index contributed by atoms with van der Waals surface area (Å²) in [7, 11) is 5.34. The molecule has 32 nitrogen and oxygen atoms in total. The third-order valence-electron chi connectivity index (χ3n) is 10.3. The first-order valence-corrected chi connectivity index (χ1v) is 26.1. The molecule has 0 aliphatic carbocycles. The molecule has 0 aliphatic rings. The quantitative estimate of drug-likeness (QED) is 0.0116. The summed E-state index contributed by atoms with van der Waals surface area (Å²) < 4.78 is 39.7. The SMILES string of the molecule is C.C.C.C.C.C.C.C#C.CC(C)OC(=O)c1ccc(N)c(OC(C)C)c1.CC(C)OC(=O)c1ccc([N+](=O)[O-])c(OC(C)C)c1.COC(=O)c1ccc(N)c(OC)c1.COC(=O)c1ccc([N+](=O)[O-])c(OC)c1.O=C(O)c1ccc([N+](=O)[O-])c(O)c1.O=C(O)c1ccc([N+](=O)[O-])c(O)c1. The number of benzene rings is 6. The van der Waals surface area contributed by atoms with Gasteiger partial charge >= 0.3 is 58.6 Å². The maximum atomic E-state index is 11.7. The van der Waals surface area contributed by atoms with Crippen LogP contribution in [0.15, 0.2) is 109 Å². The van der Waals surface area contributed by atoms with Crippen LogP contribution in [0.2, 0.25) is 0 Å². The van der Waals surface area contributed by atoms with E-state index < -0.39 is 72.4 Å². The van der Waals surface area contributed by atoms with Crippen molar-refractivity contribution in [3.8, 4) is 47.3 Å². The number of phenolic OH excluding ortho intramolecular Hbond substituents is 2. The summed E-state index contributed by atoms with van der Waals surface area (Å²) in [6.07, 6.45) is 7.38. The van der Waals surface area contributed by atoms with Crippen LogP contribution in [0.25, 0.3) is 0 Å². The molecular formula is C67H96N6O26. The molecule has 0 heterocycles. The number of nitro benzene ring substituents is 4. The Morgan fingerprint density at radius 1 is 0.374 bits per heavy atom. The molecule has 0 aromatic heterocycles. The van der Waals surface area contributed by atoms with E-state index >= 15 is 0 Å². The minimum Gasteiger partial charge on any atom is -0.502 e. The fourth-order valence-corrected chi connectivity index (χ4v) is 6.37. The number of ether oxygens (including phenoxy) is 8. The number of methoxy groups -OCH3 is 4. The molecule has 0 amide bonds. The summed E-state index contributed by atoms with van der Waals surface area (Å²) in [4.78, 5) is 105. The average molecular weight is 1400 g/mol. The molecule has 0 spiro atoms. The maximum Gasteiger partial charge on any atom is 0.338 e. The fourth-order valence-electron chi connectivity index (χ4n) is 6.37. The number of nitrogens with zero attached hydrogens (tertiary/aromatic N) is 4. The highest BCUT2D eigenvalue weighted by Crippen LogP contribution is 2.32. The minimum absolute atomic E-state index is 0. The van der Waals surface area contributed by atoms with E-state index in [1.807, 2.05) is 13.8 Å². The largest absolute Gasteiger partial charge is 0.502 e. The smallest absolute Gasteiger partial charge is 0.338 e. The lowest BCUT2D eigenvalue weighted by Gasteiger charge is -2.14. The Labute approximate surface area is 576 Å². The van der Waals surface area contributed by atoms with Crippen LogP contribution in [-0.2, 0) is 18.9 Å². The van der Waals surface area contributed by atoms with Crippen LogP contribution >= 0.6 is 0 Å². The number of nitrogen functional groups attached to an aromatic ring is 2. The highest BCUT2D eigenvalue weighted by atomic mass is 16.6. The normalized spacial score (nSPS) is 9.07. The Balaban J connectivity index is -0.000000165. The van der Waals surface area contributed by atoms with Crippen LogP contribution < -0.4 is 30.4 Å². The number of carboxylic acids is 2. The first kappa shape index (κ1) is 103. The zero-order valence-electron chi connectivity index (χ0n) is 51.6. The molecule has 0 aliphatic heterocycles. The third kappa shape index (κ3) is 35.7. The number of carboxylic acid groups (broad SMARTS) is 2. The molecule has 99 heavy (non-hydrogen) atoms. The van der Waals surface area contributed by atoms with E-state index in [0.717, 1.165) is 36.4 Å². The predicted octanol–water partition coefficient (Wildman–Crippen LogP) is 14.7. The number of hydrogen-bond donors (Lipinski definition) is 6. The van der Waals surface area contributed by atoms with Gasteiger partial charge in [0.25, 0.3) is 0 Å². The number of terminal acetylenes is 1. The number of aromatic carboxylic acids is 2. The molecule has 6 aromatic carbocycles. The summed E-state index contributed by atoms with van der Waals surface area (Å²) in [6, 6.07) is 23.0. The van der Waals surface area contributed by atoms with Gasteiger partial charge in [0, 0.05) is 48.5 Å². The highest BCUT2D eigenvalue weighted by molar-refractivity contribution is 5.93. The minimum atomic E-state index is -1.25. The highest BCUT2D eigenvalue weighted by Gasteiger charge is 2.22. The van der Waals surface area contributed by atoms with Crippen LogP contribution in [-0.4, -0.2) is 129 Å². The Hall–Kier alpha value is -12.3. The summed E-state index contributed by atoms with van der Waals surface area (Å²) in [5.74, 6) is -4.57. The van der Waals surface area contributed by atoms with Gasteiger partial charge in [-0.1, -0.05) is 52.0 Å². The van der Waals surface area contributed by atoms with Gasteiger partial charge in [0.2, 0.25) is 0 Å². The number of nitro groups is 4. The lowest BCUT2D eigenvalue weighted by Crippen LogP contribution is -2.13. The average Bonchev–Trinajstić information content (AvgIpc) is 0.877. The Morgan fingerprint density at radius 2 is 0.626 bits per heavy atom. The molecule has 6 aromatic rings. The second-order valence-corrected chi connectivity index (χ2v) is 18.5. The summed E-state index contributed by atoms with van der Waals surface area (Å²) in [5, 5.41) is 76.7. The molecule has 0 radical (unpaired) electrons. The van der Waals surface area contributed by atoms with Crippen molar-refractivity contribution in [2.45, 2.75) is 132 Å². The van der Waals surface area contributed by atoms with Crippen LogP contribution in [0.1, 0.15) is 170 Å². The second kappa shape index (κ2) is 51.1. The molecular weight excluding hydrogens is 1300 g/mol. The molecule has 0 saturated heterocycles. The van der Waals surface area contributed by atoms with Gasteiger partial charge < -0.3 is 69.8 Å². The number of nitrogens with two attached hydrogens (primary N) is 2. The van der Waals surface area contributed by atoms with Crippen molar-refractivity contribution in [1.29, 1.82) is 0 Å². The van der Waals surface area contributed by atoms with Crippen molar-refractivity contribution in [2.75, 3.05) is 39.9 Å². The zero-order chi connectivity index (χ0) is 70.9.